The van der Waals surface area contributed by atoms with Crippen LogP contribution in [0.1, 0.15) is 23.6 Å². The zero-order chi connectivity index (χ0) is 18.2. The monoisotopic (exact) mass is 344 g/mol. The molecule has 2 rings (SSSR count). The van der Waals surface area contributed by atoms with Crippen LogP contribution in [-0.4, -0.2) is 38.1 Å². The summed E-state index contributed by atoms with van der Waals surface area (Å²) in [4.78, 5) is 14.3. The van der Waals surface area contributed by atoms with Gasteiger partial charge < -0.3 is 15.0 Å². The number of rotatable bonds is 8. The quantitative estimate of drug-likeness (QED) is 0.799. The Hall–Kier alpha value is -2.40. The van der Waals surface area contributed by atoms with Crippen molar-refractivity contribution >= 4 is 5.91 Å². The molecule has 0 aliphatic heterocycles. The Morgan fingerprint density at radius 3 is 2.36 bits per heavy atom. The zero-order valence-electron chi connectivity index (χ0n) is 15.0. The maximum atomic E-state index is 13.1. The molecule has 1 N–H and O–H groups in total. The van der Waals surface area contributed by atoms with Crippen LogP contribution in [-0.2, 0) is 4.79 Å². The van der Waals surface area contributed by atoms with Gasteiger partial charge in [-0.15, -0.1) is 0 Å². The van der Waals surface area contributed by atoms with E-state index in [0.717, 1.165) is 24.1 Å². The van der Waals surface area contributed by atoms with Gasteiger partial charge in [-0.1, -0.05) is 29.8 Å². The second kappa shape index (κ2) is 9.18. The number of halogens is 1. The Morgan fingerprint density at radius 1 is 1.12 bits per heavy atom. The molecule has 0 saturated heterocycles. The molecule has 1 unspecified atom stereocenters. The number of nitrogens with one attached hydrogen (secondary N) is 1. The number of carbonyl (C=O) groups excluding carboxylic acids is 1. The molecule has 0 radical (unpaired) electrons. The van der Waals surface area contributed by atoms with E-state index in [9.17, 15) is 9.18 Å². The van der Waals surface area contributed by atoms with Crippen LogP contribution in [0, 0.1) is 12.7 Å². The van der Waals surface area contributed by atoms with Gasteiger partial charge in [0.1, 0.15) is 11.6 Å². The number of benzene rings is 2. The molecular formula is C20H25FN2O2. The third-order valence-corrected chi connectivity index (χ3v) is 3.86. The van der Waals surface area contributed by atoms with Crippen LogP contribution in [0.25, 0.3) is 0 Å². The van der Waals surface area contributed by atoms with E-state index in [2.05, 4.69) is 5.32 Å². The Bertz CT molecular complexity index is 669. The summed E-state index contributed by atoms with van der Waals surface area (Å²) in [6, 6.07) is 13.6. The van der Waals surface area contributed by atoms with E-state index in [1.165, 1.54) is 12.1 Å². The number of hydrogen-bond donors (Lipinski definition) is 1. The van der Waals surface area contributed by atoms with Crippen LogP contribution in [0.2, 0.25) is 0 Å². The Balaban J connectivity index is 1.95. The minimum Gasteiger partial charge on any atom is -0.484 e. The molecule has 0 saturated carbocycles. The molecule has 25 heavy (non-hydrogen) atoms. The van der Waals surface area contributed by atoms with Gasteiger partial charge >= 0.3 is 0 Å². The molecule has 4 nitrogen and oxygen atoms in total. The summed E-state index contributed by atoms with van der Waals surface area (Å²) in [5.74, 6) is 0.171. The van der Waals surface area contributed by atoms with Gasteiger partial charge in [0.25, 0.3) is 5.91 Å². The summed E-state index contributed by atoms with van der Waals surface area (Å²) >= 11 is 0. The number of hydrogen-bond acceptors (Lipinski definition) is 3. The highest BCUT2D eigenvalue weighted by atomic mass is 19.1. The van der Waals surface area contributed by atoms with Gasteiger partial charge in [0.2, 0.25) is 0 Å². The smallest absolute Gasteiger partial charge is 0.258 e. The van der Waals surface area contributed by atoms with E-state index >= 15 is 0 Å². The molecule has 5 heteroatoms. The fourth-order valence-electron chi connectivity index (χ4n) is 2.42. The SMILES string of the molecule is Cc1ccc(OCC(=O)NC(CCN(C)C)c2ccc(F)cc2)cc1. The standard InChI is InChI=1S/C20H25FN2O2/c1-15-4-10-18(11-5-15)25-14-20(24)22-19(12-13-23(2)3)16-6-8-17(21)9-7-16/h4-11,19H,12-14H2,1-3H3,(H,22,24). The van der Waals surface area contributed by atoms with Crippen molar-refractivity contribution in [2.75, 3.05) is 27.2 Å². The second-order valence-corrected chi connectivity index (χ2v) is 6.37. The summed E-state index contributed by atoms with van der Waals surface area (Å²) in [7, 11) is 3.95. The average molecular weight is 344 g/mol. The van der Waals surface area contributed by atoms with Gasteiger partial charge in [-0.05, 0) is 63.8 Å². The zero-order valence-corrected chi connectivity index (χ0v) is 15.0. The van der Waals surface area contributed by atoms with Crippen molar-refractivity contribution in [2.45, 2.75) is 19.4 Å². The van der Waals surface area contributed by atoms with Crippen molar-refractivity contribution in [2.24, 2.45) is 0 Å². The van der Waals surface area contributed by atoms with Crippen LogP contribution in [0.4, 0.5) is 4.39 Å². The Labute approximate surface area is 148 Å². The number of amides is 1. The van der Waals surface area contributed by atoms with Crippen molar-refractivity contribution in [3.63, 3.8) is 0 Å². The predicted molar refractivity (Wildman–Crippen MR) is 97.1 cm³/mol. The summed E-state index contributed by atoms with van der Waals surface area (Å²) in [5, 5.41) is 2.98. The Kier molecular flexibility index (Phi) is 6.95. The summed E-state index contributed by atoms with van der Waals surface area (Å²) in [5.41, 5.74) is 2.02. The van der Waals surface area contributed by atoms with Crippen molar-refractivity contribution < 1.29 is 13.9 Å². The van der Waals surface area contributed by atoms with Crippen LogP contribution in [0.3, 0.4) is 0 Å². The molecule has 0 heterocycles. The topological polar surface area (TPSA) is 41.6 Å². The molecule has 1 amide bonds. The molecule has 0 spiro atoms. The number of aryl methyl sites for hydroxylation is 1. The molecule has 2 aromatic rings. The van der Waals surface area contributed by atoms with E-state index in [1.54, 1.807) is 12.1 Å². The van der Waals surface area contributed by atoms with Crippen LogP contribution in [0.15, 0.2) is 48.5 Å². The first-order chi connectivity index (χ1) is 11.9. The molecule has 0 aromatic heterocycles. The molecule has 2 aromatic carbocycles. The third kappa shape index (κ3) is 6.55. The van der Waals surface area contributed by atoms with Crippen molar-refractivity contribution in [1.29, 1.82) is 0 Å². The highest BCUT2D eigenvalue weighted by Gasteiger charge is 2.15. The van der Waals surface area contributed by atoms with Crippen molar-refractivity contribution in [3.8, 4) is 5.75 Å². The first-order valence-corrected chi connectivity index (χ1v) is 8.33. The molecule has 1 atom stereocenters. The maximum absolute atomic E-state index is 13.1. The third-order valence-electron chi connectivity index (χ3n) is 3.86. The highest BCUT2D eigenvalue weighted by Crippen LogP contribution is 2.18. The molecule has 0 aliphatic rings. The van der Waals surface area contributed by atoms with Gasteiger partial charge in [-0.25, -0.2) is 4.39 Å². The second-order valence-electron chi connectivity index (χ2n) is 6.37. The first-order valence-electron chi connectivity index (χ1n) is 8.33. The summed E-state index contributed by atoms with van der Waals surface area (Å²) in [6.07, 6.45) is 0.731. The lowest BCUT2D eigenvalue weighted by Crippen LogP contribution is -2.34. The molecule has 0 fully saturated rings. The highest BCUT2D eigenvalue weighted by molar-refractivity contribution is 5.78. The minimum atomic E-state index is -0.288. The normalized spacial score (nSPS) is 12.0. The van der Waals surface area contributed by atoms with Crippen LogP contribution < -0.4 is 10.1 Å². The lowest BCUT2D eigenvalue weighted by Gasteiger charge is -2.21. The Morgan fingerprint density at radius 2 is 1.76 bits per heavy atom. The molecule has 134 valence electrons. The van der Waals surface area contributed by atoms with Crippen LogP contribution in [0.5, 0.6) is 5.75 Å². The number of carbonyl (C=O) groups is 1. The van der Waals surface area contributed by atoms with E-state index in [1.807, 2.05) is 50.2 Å². The lowest BCUT2D eigenvalue weighted by atomic mass is 10.0. The predicted octanol–water partition coefficient (Wildman–Crippen LogP) is 3.32. The largest absolute Gasteiger partial charge is 0.484 e. The summed E-state index contributed by atoms with van der Waals surface area (Å²) in [6.45, 7) is 2.75. The van der Waals surface area contributed by atoms with Gasteiger partial charge in [-0.3, -0.25) is 4.79 Å². The van der Waals surface area contributed by atoms with Crippen LogP contribution >= 0.6 is 0 Å². The molecule has 0 aliphatic carbocycles. The first kappa shape index (κ1) is 18.9. The fourth-order valence-corrected chi connectivity index (χ4v) is 2.42. The van der Waals surface area contributed by atoms with E-state index in [4.69, 9.17) is 4.74 Å². The van der Waals surface area contributed by atoms with E-state index in [-0.39, 0.29) is 24.4 Å². The van der Waals surface area contributed by atoms with Crippen molar-refractivity contribution in [1.82, 2.24) is 10.2 Å². The number of ether oxygens (including phenoxy) is 1. The van der Waals surface area contributed by atoms with E-state index in [0.29, 0.717) is 5.75 Å². The number of nitrogens with zero attached hydrogens (tertiary/aromatic N) is 1. The van der Waals surface area contributed by atoms with Gasteiger partial charge in [0, 0.05) is 0 Å². The maximum Gasteiger partial charge on any atom is 0.258 e. The van der Waals surface area contributed by atoms with E-state index < -0.39 is 0 Å². The lowest BCUT2D eigenvalue weighted by molar-refractivity contribution is -0.123. The summed E-state index contributed by atoms with van der Waals surface area (Å²) < 4.78 is 18.7. The van der Waals surface area contributed by atoms with Crippen molar-refractivity contribution in [3.05, 3.63) is 65.5 Å². The average Bonchev–Trinajstić information content (AvgIpc) is 2.59. The molecule has 0 bridgehead atoms. The van der Waals surface area contributed by atoms with Gasteiger partial charge in [0.05, 0.1) is 6.04 Å². The fraction of sp³-hybridized carbons (Fsp3) is 0.350. The van der Waals surface area contributed by atoms with Gasteiger partial charge in [0.15, 0.2) is 6.61 Å². The van der Waals surface area contributed by atoms with Gasteiger partial charge in [-0.2, -0.15) is 0 Å². The molecular weight excluding hydrogens is 319 g/mol. The minimum absolute atomic E-state index is 0.0529.